The second kappa shape index (κ2) is 7.39. The van der Waals surface area contributed by atoms with E-state index in [1.165, 1.54) is 24.6 Å². The molecule has 7 nitrogen and oxygen atoms in total. The molecule has 1 fully saturated rings. The van der Waals surface area contributed by atoms with E-state index in [0.29, 0.717) is 24.3 Å². The zero-order valence-corrected chi connectivity index (χ0v) is 12.4. The van der Waals surface area contributed by atoms with Gasteiger partial charge >= 0.3 is 0 Å². The van der Waals surface area contributed by atoms with Crippen LogP contribution in [0.1, 0.15) is 19.8 Å². The van der Waals surface area contributed by atoms with Crippen LogP contribution in [-0.4, -0.2) is 50.5 Å². The summed E-state index contributed by atoms with van der Waals surface area (Å²) in [6.07, 6.45) is 4.18. The van der Waals surface area contributed by atoms with Crippen LogP contribution in [0.5, 0.6) is 0 Å². The lowest BCUT2D eigenvalue weighted by Gasteiger charge is -2.10. The predicted octanol–water partition coefficient (Wildman–Crippen LogP) is 0.208. The molecule has 8 heteroatoms. The normalized spacial score (nSPS) is 15.8. The number of rotatable bonds is 9. The van der Waals surface area contributed by atoms with E-state index in [1.54, 1.807) is 10.8 Å². The van der Waals surface area contributed by atoms with Crippen molar-refractivity contribution in [3.05, 3.63) is 12.7 Å². The summed E-state index contributed by atoms with van der Waals surface area (Å²) in [5.74, 6) is -0.0412. The summed E-state index contributed by atoms with van der Waals surface area (Å²) in [5, 5.41) is 18.2. The first-order valence-corrected chi connectivity index (χ1v) is 7.63. The van der Waals surface area contributed by atoms with Crippen molar-refractivity contribution < 1.29 is 4.79 Å². The predicted molar refractivity (Wildman–Crippen MR) is 77.4 cm³/mol. The minimum atomic E-state index is -0.240. The molecule has 2 rings (SSSR count). The Morgan fingerprint density at radius 2 is 2.45 bits per heavy atom. The van der Waals surface area contributed by atoms with Crippen molar-refractivity contribution in [3.63, 3.8) is 0 Å². The van der Waals surface area contributed by atoms with Crippen LogP contribution in [-0.2, 0) is 11.3 Å². The van der Waals surface area contributed by atoms with Crippen LogP contribution in [0.2, 0.25) is 0 Å². The molecular formula is C12H20N6OS. The van der Waals surface area contributed by atoms with Gasteiger partial charge in [-0.1, -0.05) is 17.8 Å². The van der Waals surface area contributed by atoms with Gasteiger partial charge in [-0.25, -0.2) is 4.68 Å². The largest absolute Gasteiger partial charge is 0.352 e. The van der Waals surface area contributed by atoms with Crippen molar-refractivity contribution in [2.24, 2.45) is 0 Å². The molecule has 1 heterocycles. The van der Waals surface area contributed by atoms with Gasteiger partial charge in [-0.05, 0) is 30.2 Å². The molecule has 1 aliphatic rings. The number of amides is 1. The molecule has 1 unspecified atom stereocenters. The molecule has 1 aliphatic carbocycles. The van der Waals surface area contributed by atoms with Crippen molar-refractivity contribution in [2.45, 2.75) is 42.8 Å². The maximum absolute atomic E-state index is 11.8. The van der Waals surface area contributed by atoms with Crippen LogP contribution in [0.15, 0.2) is 17.8 Å². The summed E-state index contributed by atoms with van der Waals surface area (Å²) >= 11 is 1.36. The van der Waals surface area contributed by atoms with E-state index in [9.17, 15) is 4.79 Å². The van der Waals surface area contributed by atoms with Crippen molar-refractivity contribution >= 4 is 17.7 Å². The number of nitrogens with one attached hydrogen (secondary N) is 2. The molecule has 0 spiro atoms. The first-order chi connectivity index (χ1) is 9.70. The fourth-order valence-corrected chi connectivity index (χ4v) is 2.45. The number of tetrazole rings is 1. The molecular weight excluding hydrogens is 276 g/mol. The van der Waals surface area contributed by atoms with Crippen LogP contribution in [0.25, 0.3) is 0 Å². The zero-order chi connectivity index (χ0) is 14.4. The van der Waals surface area contributed by atoms with Crippen molar-refractivity contribution in [1.82, 2.24) is 30.8 Å². The van der Waals surface area contributed by atoms with Crippen LogP contribution in [0.4, 0.5) is 0 Å². The first kappa shape index (κ1) is 15.0. The third-order valence-corrected chi connectivity index (χ3v) is 3.98. The molecule has 0 aliphatic heterocycles. The van der Waals surface area contributed by atoms with Gasteiger partial charge in [0.15, 0.2) is 0 Å². The molecule has 1 saturated carbocycles. The van der Waals surface area contributed by atoms with Gasteiger partial charge in [0.1, 0.15) is 0 Å². The zero-order valence-electron chi connectivity index (χ0n) is 11.6. The summed E-state index contributed by atoms with van der Waals surface area (Å²) in [5.41, 5.74) is 0. The van der Waals surface area contributed by atoms with Crippen LogP contribution in [0, 0.1) is 0 Å². The van der Waals surface area contributed by atoms with Gasteiger partial charge in [0.05, 0.1) is 11.8 Å². The third-order valence-electron chi connectivity index (χ3n) is 2.91. The molecule has 0 bridgehead atoms. The Morgan fingerprint density at radius 3 is 3.15 bits per heavy atom. The van der Waals surface area contributed by atoms with E-state index in [2.05, 4.69) is 32.7 Å². The number of thioether (sulfide) groups is 1. The van der Waals surface area contributed by atoms with E-state index in [0.717, 1.165) is 6.54 Å². The topological polar surface area (TPSA) is 84.7 Å². The summed E-state index contributed by atoms with van der Waals surface area (Å²) in [7, 11) is 0. The number of nitrogens with zero attached hydrogens (tertiary/aromatic N) is 4. The molecule has 0 radical (unpaired) electrons. The smallest absolute Gasteiger partial charge is 0.233 e. The van der Waals surface area contributed by atoms with Gasteiger partial charge < -0.3 is 10.6 Å². The van der Waals surface area contributed by atoms with Gasteiger partial charge in [0.25, 0.3) is 0 Å². The van der Waals surface area contributed by atoms with Crippen molar-refractivity contribution in [1.29, 1.82) is 0 Å². The summed E-state index contributed by atoms with van der Waals surface area (Å²) in [4.78, 5) is 11.8. The number of hydrogen-bond donors (Lipinski definition) is 2. The van der Waals surface area contributed by atoms with E-state index in [-0.39, 0.29) is 11.2 Å². The highest BCUT2D eigenvalue weighted by Crippen LogP contribution is 2.20. The highest BCUT2D eigenvalue weighted by atomic mass is 32.2. The molecule has 1 aromatic rings. The number of aromatic nitrogens is 4. The Labute approximate surface area is 122 Å². The average Bonchev–Trinajstić information content (AvgIpc) is 3.16. The average molecular weight is 296 g/mol. The molecule has 1 amide bonds. The lowest BCUT2D eigenvalue weighted by Crippen LogP contribution is -2.31. The molecule has 2 N–H and O–H groups in total. The van der Waals surface area contributed by atoms with E-state index >= 15 is 0 Å². The minimum absolute atomic E-state index is 0.0412. The van der Waals surface area contributed by atoms with Gasteiger partial charge in [0.2, 0.25) is 11.1 Å². The second-order valence-electron chi connectivity index (χ2n) is 4.71. The van der Waals surface area contributed by atoms with E-state index in [4.69, 9.17) is 0 Å². The number of hydrogen-bond acceptors (Lipinski definition) is 6. The third kappa shape index (κ3) is 4.61. The minimum Gasteiger partial charge on any atom is -0.352 e. The molecule has 110 valence electrons. The Morgan fingerprint density at radius 1 is 1.65 bits per heavy atom. The summed E-state index contributed by atoms with van der Waals surface area (Å²) < 4.78 is 1.73. The van der Waals surface area contributed by atoms with Gasteiger partial charge in [-0.15, -0.1) is 11.7 Å². The summed E-state index contributed by atoms with van der Waals surface area (Å²) in [6.45, 7) is 7.44. The lowest BCUT2D eigenvalue weighted by molar-refractivity contribution is -0.120. The Hall–Kier alpha value is -1.41. The fraction of sp³-hybridized carbons (Fsp3) is 0.667. The van der Waals surface area contributed by atoms with E-state index in [1.807, 2.05) is 6.92 Å². The summed E-state index contributed by atoms with van der Waals surface area (Å²) in [6, 6.07) is 0.672. The molecule has 1 atom stereocenters. The van der Waals surface area contributed by atoms with Gasteiger partial charge in [-0.2, -0.15) is 0 Å². The molecule has 1 aromatic heterocycles. The van der Waals surface area contributed by atoms with E-state index < -0.39 is 0 Å². The Bertz CT molecular complexity index is 459. The highest BCUT2D eigenvalue weighted by molar-refractivity contribution is 8.00. The quantitative estimate of drug-likeness (QED) is 0.500. The standard InChI is InChI=1S/C12H20N6OS/c1-3-6-14-11(19)9(2)20-12-15-16-17-18(12)8-7-13-10-4-5-10/h3,9-10,13H,1,4-8H2,2H3,(H,14,19). The van der Waals surface area contributed by atoms with Crippen LogP contribution < -0.4 is 10.6 Å². The van der Waals surface area contributed by atoms with Crippen LogP contribution in [0.3, 0.4) is 0 Å². The Balaban J connectivity index is 1.80. The maximum Gasteiger partial charge on any atom is 0.233 e. The first-order valence-electron chi connectivity index (χ1n) is 6.75. The highest BCUT2D eigenvalue weighted by Gasteiger charge is 2.21. The van der Waals surface area contributed by atoms with Crippen LogP contribution >= 0.6 is 11.8 Å². The monoisotopic (exact) mass is 296 g/mol. The lowest BCUT2D eigenvalue weighted by atomic mass is 10.4. The fourth-order valence-electron chi connectivity index (χ4n) is 1.61. The van der Waals surface area contributed by atoms with Gasteiger partial charge in [-0.3, -0.25) is 4.79 Å². The number of carbonyl (C=O) groups excluding carboxylic acids is 1. The van der Waals surface area contributed by atoms with Crippen molar-refractivity contribution in [2.75, 3.05) is 13.1 Å². The second-order valence-corrected chi connectivity index (χ2v) is 6.01. The molecule has 0 saturated heterocycles. The number of carbonyl (C=O) groups is 1. The van der Waals surface area contributed by atoms with Gasteiger partial charge in [0, 0.05) is 19.1 Å². The Kier molecular flexibility index (Phi) is 5.54. The molecule has 0 aromatic carbocycles. The SMILES string of the molecule is C=CCNC(=O)C(C)Sc1nnnn1CCNC1CC1. The maximum atomic E-state index is 11.8. The van der Waals surface area contributed by atoms with Crippen molar-refractivity contribution in [3.8, 4) is 0 Å². The molecule has 20 heavy (non-hydrogen) atoms.